The van der Waals surface area contributed by atoms with Gasteiger partial charge in [0.25, 0.3) is 0 Å². The Labute approximate surface area is 703 Å². The highest BCUT2D eigenvalue weighted by Gasteiger charge is 2.62. The maximum absolute atomic E-state index is 15.2. The molecule has 650 valence electrons. The Kier molecular flexibility index (Phi) is 32.7. The first-order valence-corrected chi connectivity index (χ1v) is 38.7. The van der Waals surface area contributed by atoms with Gasteiger partial charge in [0.2, 0.25) is 11.8 Å². The van der Waals surface area contributed by atoms with Crippen molar-refractivity contribution < 1.29 is 158 Å². The van der Waals surface area contributed by atoms with Crippen LogP contribution in [0, 0.1) is 0 Å². The first-order valence-electron chi connectivity index (χ1n) is 38.7. The van der Waals surface area contributed by atoms with Gasteiger partial charge in [0.05, 0.1) is 60.6 Å². The fourth-order valence-electron chi connectivity index (χ4n) is 13.5. The molecule has 0 radical (unpaired) electrons. The Hall–Kier alpha value is -12.8. The summed E-state index contributed by atoms with van der Waals surface area (Å²) in [7, 11) is 1.78. The van der Waals surface area contributed by atoms with Gasteiger partial charge in [-0.1, -0.05) is 140 Å². The molecule has 4 aliphatic rings. The second-order valence-corrected chi connectivity index (χ2v) is 28.1. The van der Waals surface area contributed by atoms with Gasteiger partial charge in [0, 0.05) is 26.8 Å². The van der Waals surface area contributed by atoms with Crippen molar-refractivity contribution in [3.05, 3.63) is 251 Å². The molecule has 4 fully saturated rings. The van der Waals surface area contributed by atoms with Crippen molar-refractivity contribution >= 4 is 77.4 Å². The summed E-state index contributed by atoms with van der Waals surface area (Å²) >= 11 is 0. The molecule has 4 aliphatic heterocycles. The van der Waals surface area contributed by atoms with E-state index in [4.69, 9.17) is 85.3 Å². The van der Waals surface area contributed by atoms with Crippen LogP contribution < -0.4 is 16.0 Å². The highest BCUT2D eigenvalue weighted by Crippen LogP contribution is 2.40. The lowest BCUT2D eigenvalue weighted by molar-refractivity contribution is -0.368. The molecule has 36 nitrogen and oxygen atoms in total. The number of esters is 9. The van der Waals surface area contributed by atoms with E-state index in [9.17, 15) is 58.2 Å². The molecule has 0 bridgehead atoms. The largest absolute Gasteiger partial charge is 0.467 e. The number of benzene rings is 7. The highest BCUT2D eigenvalue weighted by atomic mass is 16.8. The minimum Gasteiger partial charge on any atom is -0.467 e. The van der Waals surface area contributed by atoms with E-state index in [2.05, 4.69) is 16.0 Å². The molecule has 7 aromatic carbocycles. The number of aliphatic hydroxyl groups is 2. The Morgan fingerprint density at radius 1 is 0.358 bits per heavy atom. The van der Waals surface area contributed by atoms with Gasteiger partial charge in [0.1, 0.15) is 80.4 Å². The molecular formula is C87H89N3O33. The molecule has 36 heteroatoms. The van der Waals surface area contributed by atoms with Crippen LogP contribution in [-0.4, -0.2) is 251 Å². The van der Waals surface area contributed by atoms with Crippen LogP contribution in [0.5, 0.6) is 0 Å². The number of hydrogen-bond donors (Lipinski definition) is 5. The van der Waals surface area contributed by atoms with Crippen molar-refractivity contribution in [2.24, 2.45) is 0 Å². The lowest BCUT2D eigenvalue weighted by Crippen LogP contribution is -2.71. The van der Waals surface area contributed by atoms with Crippen LogP contribution in [0.25, 0.3) is 0 Å². The zero-order chi connectivity index (χ0) is 87.6. The first-order chi connectivity index (χ1) is 59.4. The maximum atomic E-state index is 15.2. The summed E-state index contributed by atoms with van der Waals surface area (Å²) in [6.45, 7) is 0.538. The summed E-state index contributed by atoms with van der Waals surface area (Å²) in [4.78, 5) is 184. The molecule has 123 heavy (non-hydrogen) atoms. The number of carbonyl (C=O) groups excluding carboxylic acids is 13. The SMILES string of the molecule is COC(=O)[C@H]1O[C@@H](O[C@H]2[C@@H](O)[C@@H](COC(=O)c3ccccc3)O[C@@H](O[C@H]3[C@H](OC(=O)c4ccccc4)[C@@H](OC(=O)c4ccccc4)[C@H](O[C@H]4[C@@H](O)[C@@H](COC(=O)c5ccccc5)O[C@@H](OCCNC(=O)OCc5ccccc5)[C@@H]4NC(C)=O)O[C@@H]3C(=O)OC)[C@@H]2NC(C)=O)[C@H](OC(=O)c2ccccc2)[C@@H](OC(=O)c2ccccc2)[C@@H]1OC(=O)CCC(C)=O. The zero-order valence-electron chi connectivity index (χ0n) is 66.8. The third-order valence-electron chi connectivity index (χ3n) is 19.4. The molecule has 0 unspecified atom stereocenters. The van der Waals surface area contributed by atoms with Crippen LogP contribution in [-0.2, 0) is 121 Å². The summed E-state index contributed by atoms with van der Waals surface area (Å²) in [5.41, 5.74) is -0.0638. The molecule has 4 heterocycles. The average molecular weight is 1700 g/mol. The number of ketones is 1. The summed E-state index contributed by atoms with van der Waals surface area (Å²) in [6, 6.07) is 48.2. The predicted molar refractivity (Wildman–Crippen MR) is 417 cm³/mol. The van der Waals surface area contributed by atoms with E-state index in [1.54, 1.807) is 78.9 Å². The van der Waals surface area contributed by atoms with Gasteiger partial charge in [-0.15, -0.1) is 0 Å². The molecular weight excluding hydrogens is 1610 g/mol. The Balaban J connectivity index is 1.04. The summed E-state index contributed by atoms with van der Waals surface area (Å²) in [5, 5.41) is 33.7. The van der Waals surface area contributed by atoms with Crippen molar-refractivity contribution in [1.82, 2.24) is 16.0 Å². The molecule has 3 amide bonds. The third kappa shape index (κ3) is 24.5. The number of aliphatic hydroxyl groups excluding tert-OH is 2. The standard InChI is InChI=1S/C87H89N3O33/c1-48(91)41-42-60(94)114-67-69(115-77(99)54-33-19-9-20-34-54)73(117-79(101)56-37-23-11-24-38-56)85(122-71(67)81(103)106-4)120-66-62(90-50(3)93)84(113-59(64(66)96)47-110-76(98)53-31-17-8-18-32-53)121-68-70(116-78(100)55-35-21-10-22-36-55)74(118-80(102)57-39-25-12-26-40-57)86(123-72(68)82(104)107-5)119-65-61(89-49(2)92)83(108-44-43-88-87(105)111-45-51-27-13-6-14-28-51)112-58(63(65)95)46-109-75(97)52-29-15-7-16-30-52/h6-40,58-59,61-74,83-86,95-96H,41-47H2,1-5H3,(H,88,105)(H,89,92)(H,90,93)/t58-,59-,61-,62-,63+,64+,65-,66-,67+,68+,69+,70+,71+,72+,73-,74-,83-,84+,85-,86-/m1/s1. The van der Waals surface area contributed by atoms with E-state index in [-0.39, 0.29) is 46.5 Å². The number of hydrogen-bond acceptors (Lipinski definition) is 33. The Morgan fingerprint density at radius 2 is 0.699 bits per heavy atom. The van der Waals surface area contributed by atoms with Gasteiger partial charge in [-0.25, -0.2) is 43.2 Å². The molecule has 0 aliphatic carbocycles. The van der Waals surface area contributed by atoms with E-state index in [0.717, 1.165) is 28.1 Å². The number of Topliss-reactive ketones (excluding diaryl/α,β-unsaturated/α-hetero) is 1. The minimum atomic E-state index is -2.45. The highest BCUT2D eigenvalue weighted by molar-refractivity contribution is 5.93. The minimum absolute atomic E-state index is 0.0381. The van der Waals surface area contributed by atoms with E-state index in [1.165, 1.54) is 140 Å². The van der Waals surface area contributed by atoms with Gasteiger partial charge in [0.15, 0.2) is 67.9 Å². The van der Waals surface area contributed by atoms with Crippen LogP contribution in [0.4, 0.5) is 4.79 Å². The van der Waals surface area contributed by atoms with Crippen molar-refractivity contribution in [2.75, 3.05) is 40.6 Å². The number of alkyl carbamates (subject to hydrolysis) is 1. The summed E-state index contributed by atoms with van der Waals surface area (Å²) in [5.74, 6) is -13.2. The molecule has 0 saturated carbocycles. The van der Waals surface area contributed by atoms with Gasteiger partial charge in [-0.3, -0.25) is 14.4 Å². The molecule has 7 aromatic rings. The van der Waals surface area contributed by atoms with E-state index in [1.807, 2.05) is 0 Å². The molecule has 4 saturated heterocycles. The second-order valence-electron chi connectivity index (χ2n) is 28.1. The van der Waals surface area contributed by atoms with E-state index >= 15 is 14.4 Å². The van der Waals surface area contributed by atoms with E-state index < -0.39 is 233 Å². The first kappa shape index (κ1) is 91.0. The Morgan fingerprint density at radius 3 is 1.08 bits per heavy atom. The van der Waals surface area contributed by atoms with Crippen molar-refractivity contribution in [3.8, 4) is 0 Å². The monoisotopic (exact) mass is 1700 g/mol. The number of carbonyl (C=O) groups is 13. The van der Waals surface area contributed by atoms with Gasteiger partial charge in [-0.2, -0.15) is 0 Å². The average Bonchev–Trinajstić information content (AvgIpc) is 0.753. The zero-order valence-corrected chi connectivity index (χ0v) is 66.8. The van der Waals surface area contributed by atoms with Gasteiger partial charge < -0.3 is 116 Å². The quantitative estimate of drug-likeness (QED) is 0.0202. The van der Waals surface area contributed by atoms with Crippen molar-refractivity contribution in [2.45, 2.75) is 163 Å². The summed E-state index contributed by atoms with van der Waals surface area (Å²) < 4.78 is 111. The topological polar surface area (TPSA) is 465 Å². The van der Waals surface area contributed by atoms with Crippen molar-refractivity contribution in [1.29, 1.82) is 0 Å². The van der Waals surface area contributed by atoms with Gasteiger partial charge in [-0.05, 0) is 85.3 Å². The van der Waals surface area contributed by atoms with Crippen LogP contribution in [0.15, 0.2) is 212 Å². The fraction of sp³-hybridized carbons (Fsp3) is 0.368. The second kappa shape index (κ2) is 44.2. The van der Waals surface area contributed by atoms with Crippen LogP contribution >= 0.6 is 0 Å². The molecule has 20 atom stereocenters. The van der Waals surface area contributed by atoms with Crippen LogP contribution in [0.2, 0.25) is 0 Å². The molecule has 5 N–H and O–H groups in total. The smallest absolute Gasteiger partial charge is 0.407 e. The van der Waals surface area contributed by atoms with Gasteiger partial charge >= 0.3 is 59.8 Å². The number of ether oxygens (including phenoxy) is 18. The number of amides is 3. The number of nitrogens with one attached hydrogen (secondary N) is 3. The molecule has 0 spiro atoms. The van der Waals surface area contributed by atoms with Crippen LogP contribution in [0.3, 0.4) is 0 Å². The third-order valence-corrected chi connectivity index (χ3v) is 19.4. The lowest BCUT2D eigenvalue weighted by Gasteiger charge is -2.51. The molecule has 0 aromatic heterocycles. The normalized spacial score (nSPS) is 25.8. The van der Waals surface area contributed by atoms with E-state index in [0.29, 0.717) is 5.56 Å². The number of methoxy groups -OCH3 is 2. The molecule has 11 rings (SSSR count). The summed E-state index contributed by atoms with van der Waals surface area (Å²) in [6.07, 6.45) is -42.1. The Bertz CT molecular complexity index is 4750. The van der Waals surface area contributed by atoms with Crippen molar-refractivity contribution in [3.63, 3.8) is 0 Å². The lowest BCUT2D eigenvalue weighted by atomic mass is 9.93. The fourth-order valence-corrected chi connectivity index (χ4v) is 13.5. The maximum Gasteiger partial charge on any atom is 0.407 e. The number of rotatable bonds is 34. The van der Waals surface area contributed by atoms with Crippen LogP contribution in [0.1, 0.15) is 101 Å². The predicted octanol–water partition coefficient (Wildman–Crippen LogP) is 4.96.